The number of nitrogens with one attached hydrogen (secondary N) is 2. The lowest BCUT2D eigenvalue weighted by molar-refractivity contribution is -0.114. The Hall–Kier alpha value is -1.55. The van der Waals surface area contributed by atoms with Crippen LogP contribution < -0.4 is 15.4 Å². The van der Waals surface area contributed by atoms with Crippen molar-refractivity contribution in [2.75, 3.05) is 25.5 Å². The molecule has 0 aliphatic heterocycles. The summed E-state index contributed by atoms with van der Waals surface area (Å²) in [5, 5.41) is 5.85. The highest BCUT2D eigenvalue weighted by atomic mass is 16.5. The second kappa shape index (κ2) is 6.91. The third-order valence-corrected chi connectivity index (χ3v) is 2.27. The summed E-state index contributed by atoms with van der Waals surface area (Å²) in [5.74, 6) is 1.04. The van der Waals surface area contributed by atoms with Gasteiger partial charge in [-0.2, -0.15) is 0 Å². The molecule has 1 aromatic carbocycles. The van der Waals surface area contributed by atoms with Gasteiger partial charge < -0.3 is 15.4 Å². The third kappa shape index (κ3) is 4.87. The van der Waals surface area contributed by atoms with E-state index in [-0.39, 0.29) is 5.91 Å². The van der Waals surface area contributed by atoms with Gasteiger partial charge in [0.25, 0.3) is 0 Å². The van der Waals surface area contributed by atoms with E-state index in [0.717, 1.165) is 12.2 Å². The molecule has 1 rings (SSSR count). The second-order valence-electron chi connectivity index (χ2n) is 4.15. The van der Waals surface area contributed by atoms with Gasteiger partial charge in [-0.1, -0.05) is 19.1 Å². The van der Waals surface area contributed by atoms with Gasteiger partial charge in [0, 0.05) is 19.4 Å². The molecule has 94 valence electrons. The first-order valence-electron chi connectivity index (χ1n) is 5.77. The normalized spacial score (nSPS) is 11.9. The van der Waals surface area contributed by atoms with Crippen LogP contribution in [0.15, 0.2) is 24.3 Å². The zero-order valence-corrected chi connectivity index (χ0v) is 10.6. The average Bonchev–Trinajstić information content (AvgIpc) is 2.27. The van der Waals surface area contributed by atoms with Crippen LogP contribution in [0, 0.1) is 5.92 Å². The van der Waals surface area contributed by atoms with E-state index in [1.54, 1.807) is 0 Å². The molecule has 0 aliphatic rings. The van der Waals surface area contributed by atoms with Crippen LogP contribution in [0.2, 0.25) is 0 Å². The lowest BCUT2D eigenvalue weighted by Gasteiger charge is -2.15. The highest BCUT2D eigenvalue weighted by Crippen LogP contribution is 2.24. The first-order chi connectivity index (χ1) is 8.13. The molecular formula is C13H20N2O2. The fraction of sp³-hybridized carbons (Fsp3) is 0.462. The van der Waals surface area contributed by atoms with E-state index in [1.165, 1.54) is 6.92 Å². The number of carbonyl (C=O) groups excluding carboxylic acids is 1. The molecule has 4 heteroatoms. The number of para-hydroxylation sites is 2. The highest BCUT2D eigenvalue weighted by Gasteiger charge is 2.06. The molecule has 17 heavy (non-hydrogen) atoms. The van der Waals surface area contributed by atoms with Crippen LogP contribution in [0.1, 0.15) is 13.8 Å². The van der Waals surface area contributed by atoms with Crippen LogP contribution >= 0.6 is 0 Å². The second-order valence-corrected chi connectivity index (χ2v) is 4.15. The number of hydrogen-bond acceptors (Lipinski definition) is 3. The molecule has 0 saturated heterocycles. The minimum atomic E-state index is -0.0932. The fourth-order valence-electron chi connectivity index (χ4n) is 1.52. The van der Waals surface area contributed by atoms with E-state index >= 15 is 0 Å². The molecule has 1 unspecified atom stereocenters. The van der Waals surface area contributed by atoms with E-state index < -0.39 is 0 Å². The molecule has 1 atom stereocenters. The van der Waals surface area contributed by atoms with Crippen molar-refractivity contribution >= 4 is 11.6 Å². The van der Waals surface area contributed by atoms with Gasteiger partial charge in [0.1, 0.15) is 5.75 Å². The number of amides is 1. The van der Waals surface area contributed by atoms with Crippen molar-refractivity contribution < 1.29 is 9.53 Å². The van der Waals surface area contributed by atoms with Crippen molar-refractivity contribution in [3.05, 3.63) is 24.3 Å². The third-order valence-electron chi connectivity index (χ3n) is 2.27. The van der Waals surface area contributed by atoms with Gasteiger partial charge in [0.15, 0.2) is 0 Å². The summed E-state index contributed by atoms with van der Waals surface area (Å²) in [5.41, 5.74) is 0.719. The Bertz CT molecular complexity index is 366. The highest BCUT2D eigenvalue weighted by molar-refractivity contribution is 5.90. The van der Waals surface area contributed by atoms with Crippen molar-refractivity contribution in [2.24, 2.45) is 5.92 Å². The minimum absolute atomic E-state index is 0.0932. The predicted octanol–water partition coefficient (Wildman–Crippen LogP) is 1.88. The van der Waals surface area contributed by atoms with Crippen LogP contribution in [0.3, 0.4) is 0 Å². The standard InChI is InChI=1S/C13H20N2O2/c1-10(8-14-3)9-17-13-7-5-4-6-12(13)15-11(2)16/h4-7,10,14H,8-9H2,1-3H3,(H,15,16). The Labute approximate surface area is 102 Å². The Morgan fingerprint density at radius 2 is 2.12 bits per heavy atom. The monoisotopic (exact) mass is 236 g/mol. The lowest BCUT2D eigenvalue weighted by atomic mass is 10.2. The van der Waals surface area contributed by atoms with Crippen LogP contribution in [-0.4, -0.2) is 26.1 Å². The van der Waals surface area contributed by atoms with Gasteiger partial charge in [0.2, 0.25) is 5.91 Å². The van der Waals surface area contributed by atoms with E-state index in [2.05, 4.69) is 17.6 Å². The summed E-state index contributed by atoms with van der Waals surface area (Å²) < 4.78 is 5.70. The van der Waals surface area contributed by atoms with Crippen LogP contribution in [0.4, 0.5) is 5.69 Å². The molecule has 2 N–H and O–H groups in total. The summed E-state index contributed by atoms with van der Waals surface area (Å²) in [6.07, 6.45) is 0. The van der Waals surface area contributed by atoms with E-state index in [4.69, 9.17) is 4.74 Å². The molecule has 0 aliphatic carbocycles. The maximum Gasteiger partial charge on any atom is 0.221 e. The van der Waals surface area contributed by atoms with Crippen LogP contribution in [0.25, 0.3) is 0 Å². The van der Waals surface area contributed by atoms with Gasteiger partial charge in [-0.25, -0.2) is 0 Å². The zero-order chi connectivity index (χ0) is 12.7. The van der Waals surface area contributed by atoms with Gasteiger partial charge in [0.05, 0.1) is 12.3 Å². The number of ether oxygens (including phenoxy) is 1. The van der Waals surface area contributed by atoms with Crippen molar-refractivity contribution in [2.45, 2.75) is 13.8 Å². The molecule has 0 spiro atoms. The SMILES string of the molecule is CNCC(C)COc1ccccc1NC(C)=O. The number of hydrogen-bond donors (Lipinski definition) is 2. The molecule has 0 bridgehead atoms. The molecule has 1 amide bonds. The molecular weight excluding hydrogens is 216 g/mol. The summed E-state index contributed by atoms with van der Waals surface area (Å²) in [4.78, 5) is 11.0. The van der Waals surface area contributed by atoms with E-state index in [0.29, 0.717) is 18.3 Å². The smallest absolute Gasteiger partial charge is 0.221 e. The van der Waals surface area contributed by atoms with Gasteiger partial charge in [-0.15, -0.1) is 0 Å². The fourth-order valence-corrected chi connectivity index (χ4v) is 1.52. The first-order valence-corrected chi connectivity index (χ1v) is 5.77. The first kappa shape index (κ1) is 13.5. The Morgan fingerprint density at radius 3 is 2.76 bits per heavy atom. The molecule has 0 aromatic heterocycles. The van der Waals surface area contributed by atoms with Crippen LogP contribution in [-0.2, 0) is 4.79 Å². The maximum absolute atomic E-state index is 11.0. The Kier molecular flexibility index (Phi) is 5.49. The van der Waals surface area contributed by atoms with Crippen molar-refractivity contribution in [3.8, 4) is 5.75 Å². The van der Waals surface area contributed by atoms with Gasteiger partial charge in [-0.3, -0.25) is 4.79 Å². The van der Waals surface area contributed by atoms with Crippen molar-refractivity contribution in [3.63, 3.8) is 0 Å². The number of anilines is 1. The molecule has 0 radical (unpaired) electrons. The van der Waals surface area contributed by atoms with E-state index in [1.807, 2.05) is 31.3 Å². The van der Waals surface area contributed by atoms with Crippen molar-refractivity contribution in [1.29, 1.82) is 0 Å². The molecule has 4 nitrogen and oxygen atoms in total. The topological polar surface area (TPSA) is 50.4 Å². The average molecular weight is 236 g/mol. The number of carbonyl (C=O) groups is 1. The Balaban J connectivity index is 2.60. The van der Waals surface area contributed by atoms with Crippen molar-refractivity contribution in [1.82, 2.24) is 5.32 Å². The summed E-state index contributed by atoms with van der Waals surface area (Å²) >= 11 is 0. The quantitative estimate of drug-likeness (QED) is 0.793. The van der Waals surface area contributed by atoms with Gasteiger partial charge in [-0.05, 0) is 19.2 Å². The number of rotatable bonds is 6. The van der Waals surface area contributed by atoms with E-state index in [9.17, 15) is 4.79 Å². The molecule has 1 aromatic rings. The minimum Gasteiger partial charge on any atom is -0.491 e. The predicted molar refractivity (Wildman–Crippen MR) is 69.3 cm³/mol. The van der Waals surface area contributed by atoms with Gasteiger partial charge >= 0.3 is 0 Å². The molecule has 0 fully saturated rings. The maximum atomic E-state index is 11.0. The summed E-state index contributed by atoms with van der Waals surface area (Å²) in [7, 11) is 1.92. The summed E-state index contributed by atoms with van der Waals surface area (Å²) in [6, 6.07) is 7.45. The van der Waals surface area contributed by atoms with Crippen LogP contribution in [0.5, 0.6) is 5.75 Å². The molecule has 0 saturated carbocycles. The summed E-state index contributed by atoms with van der Waals surface area (Å²) in [6.45, 7) is 5.12. The molecule has 0 heterocycles. The largest absolute Gasteiger partial charge is 0.491 e. The lowest BCUT2D eigenvalue weighted by Crippen LogP contribution is -2.22. The Morgan fingerprint density at radius 1 is 1.41 bits per heavy atom. The zero-order valence-electron chi connectivity index (χ0n) is 10.6. The number of benzene rings is 1.